The van der Waals surface area contributed by atoms with E-state index in [0.717, 1.165) is 10.6 Å². The molecule has 0 spiro atoms. The highest BCUT2D eigenvalue weighted by Crippen LogP contribution is 2.03. The third kappa shape index (κ3) is 5.33. The van der Waals surface area contributed by atoms with Crippen LogP contribution in [0.3, 0.4) is 0 Å². The Morgan fingerprint density at radius 1 is 1.20 bits per heavy atom. The van der Waals surface area contributed by atoms with Crippen LogP contribution in [-0.4, -0.2) is 10.5 Å². The molecule has 0 fully saturated rings. The summed E-state index contributed by atoms with van der Waals surface area (Å²) in [5, 5.41) is 3.23. The van der Waals surface area contributed by atoms with Crippen LogP contribution in [0.4, 0.5) is 0 Å². The Morgan fingerprint density at radius 2 is 1.80 bits per heavy atom. The molecule has 2 heteroatoms. The van der Waals surface area contributed by atoms with Crippen LogP contribution >= 0.6 is 12.2 Å². The summed E-state index contributed by atoms with van der Waals surface area (Å²) < 4.78 is 0. The summed E-state index contributed by atoms with van der Waals surface area (Å²) in [4.78, 5) is 0.770. The van der Waals surface area contributed by atoms with Gasteiger partial charge in [-0.2, -0.15) is 0 Å². The predicted molar refractivity (Wildman–Crippen MR) is 71.0 cm³/mol. The second-order valence-corrected chi connectivity index (χ2v) is 4.92. The van der Waals surface area contributed by atoms with Gasteiger partial charge in [-0.3, -0.25) is 0 Å². The lowest BCUT2D eigenvalue weighted by atomic mass is 10.1. The van der Waals surface area contributed by atoms with E-state index in [4.69, 9.17) is 12.2 Å². The highest BCUT2D eigenvalue weighted by Gasteiger charge is 2.08. The number of nitrogens with one attached hydrogen (secondary N) is 1. The van der Waals surface area contributed by atoms with Crippen molar-refractivity contribution in [3.05, 3.63) is 42.0 Å². The first-order chi connectivity index (χ1) is 6.97. The Morgan fingerprint density at radius 3 is 2.33 bits per heavy atom. The Balaban J connectivity index is 2.56. The predicted octanol–water partition coefficient (Wildman–Crippen LogP) is 3.42. The minimum Gasteiger partial charge on any atom is -0.372 e. The van der Waals surface area contributed by atoms with Gasteiger partial charge in [-0.25, -0.2) is 0 Å². The Kier molecular flexibility index (Phi) is 4.04. The summed E-state index contributed by atoms with van der Waals surface area (Å²) in [5.41, 5.74) is 1.19. The fourth-order valence-corrected chi connectivity index (χ4v) is 1.52. The molecule has 80 valence electrons. The second-order valence-electron chi connectivity index (χ2n) is 4.48. The van der Waals surface area contributed by atoms with Gasteiger partial charge < -0.3 is 5.32 Å². The van der Waals surface area contributed by atoms with E-state index in [2.05, 4.69) is 38.2 Å². The van der Waals surface area contributed by atoms with E-state index < -0.39 is 0 Å². The number of hydrogen-bond donors (Lipinski definition) is 1. The Hall–Kier alpha value is -1.15. The molecule has 0 radical (unpaired) electrons. The lowest BCUT2D eigenvalue weighted by Crippen LogP contribution is -2.38. The highest BCUT2D eigenvalue weighted by atomic mass is 32.1. The van der Waals surface area contributed by atoms with Crippen LogP contribution in [0.5, 0.6) is 0 Å². The fraction of sp³-hybridized carbons (Fsp3) is 0.308. The summed E-state index contributed by atoms with van der Waals surface area (Å²) in [6.07, 6.45) is 3.94. The molecule has 0 aliphatic rings. The van der Waals surface area contributed by atoms with Gasteiger partial charge >= 0.3 is 0 Å². The first kappa shape index (κ1) is 11.9. The highest BCUT2D eigenvalue weighted by molar-refractivity contribution is 7.80. The molecule has 0 aliphatic heterocycles. The molecule has 0 atom stereocenters. The van der Waals surface area contributed by atoms with Gasteiger partial charge in [0.05, 0.1) is 4.99 Å². The molecule has 15 heavy (non-hydrogen) atoms. The van der Waals surface area contributed by atoms with Crippen molar-refractivity contribution in [1.82, 2.24) is 5.32 Å². The molecular weight excluding hydrogens is 202 g/mol. The molecule has 0 bridgehead atoms. The molecule has 1 nitrogen and oxygen atoms in total. The summed E-state index contributed by atoms with van der Waals surface area (Å²) in [7, 11) is 0. The van der Waals surface area contributed by atoms with Gasteiger partial charge in [-0.05, 0) is 32.4 Å². The number of benzene rings is 1. The molecule has 1 aromatic carbocycles. The van der Waals surface area contributed by atoms with Crippen molar-refractivity contribution in [3.8, 4) is 0 Å². The molecular formula is C13H17NS. The first-order valence-corrected chi connectivity index (χ1v) is 5.43. The van der Waals surface area contributed by atoms with Crippen molar-refractivity contribution in [3.63, 3.8) is 0 Å². The van der Waals surface area contributed by atoms with E-state index >= 15 is 0 Å². The smallest absolute Gasteiger partial charge is 0.0992 e. The second kappa shape index (κ2) is 5.08. The van der Waals surface area contributed by atoms with E-state index in [1.165, 1.54) is 0 Å². The van der Waals surface area contributed by atoms with E-state index in [1.807, 2.05) is 30.4 Å². The molecule has 1 rings (SSSR count). The largest absolute Gasteiger partial charge is 0.372 e. The molecule has 0 aliphatic carbocycles. The van der Waals surface area contributed by atoms with Crippen molar-refractivity contribution in [2.45, 2.75) is 26.3 Å². The first-order valence-electron chi connectivity index (χ1n) is 5.03. The van der Waals surface area contributed by atoms with Gasteiger partial charge in [-0.15, -0.1) is 0 Å². The van der Waals surface area contributed by atoms with Gasteiger partial charge in [0.2, 0.25) is 0 Å². The quantitative estimate of drug-likeness (QED) is 0.604. The zero-order valence-corrected chi connectivity index (χ0v) is 10.3. The van der Waals surface area contributed by atoms with Crippen LogP contribution in [0.2, 0.25) is 0 Å². The topological polar surface area (TPSA) is 12.0 Å². The molecule has 1 N–H and O–H groups in total. The van der Waals surface area contributed by atoms with Gasteiger partial charge in [-0.1, -0.05) is 48.6 Å². The van der Waals surface area contributed by atoms with Crippen molar-refractivity contribution < 1.29 is 0 Å². The minimum absolute atomic E-state index is 0.0259. The van der Waals surface area contributed by atoms with Crippen LogP contribution in [0, 0.1) is 0 Å². The summed E-state index contributed by atoms with van der Waals surface area (Å²) in [6, 6.07) is 10.1. The maximum Gasteiger partial charge on any atom is 0.0992 e. The third-order valence-corrected chi connectivity index (χ3v) is 1.96. The van der Waals surface area contributed by atoms with Crippen LogP contribution in [0.1, 0.15) is 26.3 Å². The number of rotatable bonds is 2. The maximum absolute atomic E-state index is 5.20. The van der Waals surface area contributed by atoms with Gasteiger partial charge in [0.1, 0.15) is 0 Å². The summed E-state index contributed by atoms with van der Waals surface area (Å²) in [6.45, 7) is 6.28. The SMILES string of the molecule is CC(C)(C)NC(=S)/C=C/c1ccccc1. The maximum atomic E-state index is 5.20. The van der Waals surface area contributed by atoms with Crippen LogP contribution in [0.25, 0.3) is 6.08 Å². The standard InChI is InChI=1S/C13H17NS/c1-13(2,3)14-12(15)10-9-11-7-5-4-6-8-11/h4-10H,1-3H3,(H,14,15)/b10-9+. The number of thiocarbonyl (C=S) groups is 1. The van der Waals surface area contributed by atoms with Crippen molar-refractivity contribution in [1.29, 1.82) is 0 Å². The zero-order valence-electron chi connectivity index (χ0n) is 9.45. The molecule has 0 saturated carbocycles. The van der Waals surface area contributed by atoms with E-state index in [9.17, 15) is 0 Å². The molecule has 0 aromatic heterocycles. The monoisotopic (exact) mass is 219 g/mol. The van der Waals surface area contributed by atoms with Gasteiger partial charge in [0.15, 0.2) is 0 Å². The summed E-state index contributed by atoms with van der Waals surface area (Å²) in [5.74, 6) is 0. The van der Waals surface area contributed by atoms with Crippen LogP contribution in [0.15, 0.2) is 36.4 Å². The van der Waals surface area contributed by atoms with E-state index in [1.54, 1.807) is 0 Å². The van der Waals surface area contributed by atoms with Crippen molar-refractivity contribution >= 4 is 23.3 Å². The lowest BCUT2D eigenvalue weighted by Gasteiger charge is -2.20. The van der Waals surface area contributed by atoms with E-state index in [0.29, 0.717) is 0 Å². The van der Waals surface area contributed by atoms with Gasteiger partial charge in [0.25, 0.3) is 0 Å². The third-order valence-electron chi connectivity index (χ3n) is 1.72. The van der Waals surface area contributed by atoms with Crippen LogP contribution < -0.4 is 5.32 Å². The molecule has 0 heterocycles. The molecule has 0 amide bonds. The average Bonchev–Trinajstić information content (AvgIpc) is 2.14. The minimum atomic E-state index is 0.0259. The molecule has 0 unspecified atom stereocenters. The zero-order chi connectivity index (χ0) is 11.3. The molecule has 1 aromatic rings. The fourth-order valence-electron chi connectivity index (χ4n) is 1.15. The molecule has 0 saturated heterocycles. The van der Waals surface area contributed by atoms with Crippen molar-refractivity contribution in [2.24, 2.45) is 0 Å². The Bertz CT molecular complexity index is 347. The lowest BCUT2D eigenvalue weighted by molar-refractivity contribution is 0.516. The number of hydrogen-bond acceptors (Lipinski definition) is 1. The summed E-state index contributed by atoms with van der Waals surface area (Å²) >= 11 is 5.20. The van der Waals surface area contributed by atoms with Gasteiger partial charge in [0, 0.05) is 5.54 Å². The van der Waals surface area contributed by atoms with Crippen LogP contribution in [-0.2, 0) is 0 Å². The average molecular weight is 219 g/mol. The normalized spacial score (nSPS) is 11.7. The Labute approximate surface area is 97.2 Å². The van der Waals surface area contributed by atoms with Crippen molar-refractivity contribution in [2.75, 3.05) is 0 Å². The van der Waals surface area contributed by atoms with E-state index in [-0.39, 0.29) is 5.54 Å².